The smallest absolute Gasteiger partial charge is 0.243 e. The van der Waals surface area contributed by atoms with Crippen molar-refractivity contribution in [3.05, 3.63) is 38.8 Å². The van der Waals surface area contributed by atoms with Crippen LogP contribution in [0, 0.1) is 10.9 Å². The minimum Gasteiger partial charge on any atom is -0.282 e. The lowest BCUT2D eigenvalue weighted by Crippen LogP contribution is -2.48. The van der Waals surface area contributed by atoms with Gasteiger partial charge < -0.3 is 0 Å². The van der Waals surface area contributed by atoms with Crippen LogP contribution in [0.25, 0.3) is 0 Å². The molecule has 148 valence electrons. The molecule has 6 nitrogen and oxygen atoms in total. The van der Waals surface area contributed by atoms with Gasteiger partial charge in [0.15, 0.2) is 3.95 Å². The van der Waals surface area contributed by atoms with Crippen molar-refractivity contribution in [3.63, 3.8) is 0 Å². The van der Waals surface area contributed by atoms with E-state index in [1.807, 2.05) is 23.7 Å². The van der Waals surface area contributed by atoms with Gasteiger partial charge in [0, 0.05) is 26.2 Å². The first-order valence-corrected chi connectivity index (χ1v) is 11.8. The lowest BCUT2D eigenvalue weighted by atomic mass is 9.99. The summed E-state index contributed by atoms with van der Waals surface area (Å²) in [5.41, 5.74) is 1.18. The van der Waals surface area contributed by atoms with Crippen molar-refractivity contribution in [2.24, 2.45) is 0 Å². The maximum Gasteiger partial charge on any atom is 0.243 e. The number of hydrogen-bond acceptors (Lipinski definition) is 6. The van der Waals surface area contributed by atoms with E-state index >= 15 is 0 Å². The monoisotopic (exact) mass is 426 g/mol. The minimum absolute atomic E-state index is 0.375. The quantitative estimate of drug-likeness (QED) is 0.662. The summed E-state index contributed by atoms with van der Waals surface area (Å²) in [5.74, 6) is 0.437. The van der Waals surface area contributed by atoms with Gasteiger partial charge in [0.05, 0.1) is 11.6 Å². The molecule has 1 aromatic heterocycles. The van der Waals surface area contributed by atoms with Crippen molar-refractivity contribution < 1.29 is 8.42 Å². The van der Waals surface area contributed by atoms with Crippen LogP contribution in [0.4, 0.5) is 0 Å². The zero-order chi connectivity index (χ0) is 19.6. The molecule has 1 saturated heterocycles. The van der Waals surface area contributed by atoms with Crippen LogP contribution in [0.3, 0.4) is 0 Å². The first-order valence-electron chi connectivity index (χ1n) is 9.18. The van der Waals surface area contributed by atoms with Gasteiger partial charge >= 0.3 is 0 Å². The highest BCUT2D eigenvalue weighted by molar-refractivity contribution is 7.89. The lowest BCUT2D eigenvalue weighted by Gasteiger charge is -2.33. The summed E-state index contributed by atoms with van der Waals surface area (Å²) in [5, 5.41) is 5.35. The Kier molecular flexibility index (Phi) is 6.47. The average molecular weight is 427 g/mol. The number of nitrogens with zero attached hydrogens (tertiary/aromatic N) is 4. The van der Waals surface area contributed by atoms with Gasteiger partial charge in [-0.05, 0) is 49.2 Å². The molecule has 1 aliphatic heterocycles. The molecular weight excluding hydrogens is 400 g/mol. The van der Waals surface area contributed by atoms with E-state index in [2.05, 4.69) is 23.8 Å². The van der Waals surface area contributed by atoms with E-state index in [-0.39, 0.29) is 0 Å². The Balaban J connectivity index is 1.64. The van der Waals surface area contributed by atoms with Gasteiger partial charge in [0.2, 0.25) is 10.0 Å². The number of aromatic nitrogens is 2. The summed E-state index contributed by atoms with van der Waals surface area (Å²) < 4.78 is 30.0. The number of aryl methyl sites for hydroxylation is 1. The van der Waals surface area contributed by atoms with Gasteiger partial charge in [0.25, 0.3) is 0 Å². The zero-order valence-electron chi connectivity index (χ0n) is 16.0. The normalized spacial score (nSPS) is 17.9. The summed E-state index contributed by atoms with van der Waals surface area (Å²) >= 11 is 6.81. The third kappa shape index (κ3) is 4.65. The molecule has 2 heterocycles. The van der Waals surface area contributed by atoms with Crippen LogP contribution >= 0.6 is 23.6 Å². The third-order valence-corrected chi connectivity index (χ3v) is 8.21. The first kappa shape index (κ1) is 20.6. The van der Waals surface area contributed by atoms with E-state index in [0.29, 0.717) is 43.7 Å². The number of benzene rings is 1. The molecule has 1 aromatic carbocycles. The molecule has 2 aromatic rings. The Morgan fingerprint density at radius 1 is 1.19 bits per heavy atom. The van der Waals surface area contributed by atoms with Crippen molar-refractivity contribution >= 4 is 33.6 Å². The van der Waals surface area contributed by atoms with Crippen molar-refractivity contribution in [2.75, 3.05) is 26.2 Å². The van der Waals surface area contributed by atoms with Gasteiger partial charge in [-0.25, -0.2) is 13.1 Å². The van der Waals surface area contributed by atoms with Crippen LogP contribution in [0.5, 0.6) is 0 Å². The fourth-order valence-corrected chi connectivity index (χ4v) is 5.63. The number of rotatable bonds is 6. The van der Waals surface area contributed by atoms with Gasteiger partial charge in [-0.2, -0.15) is 9.40 Å². The Morgan fingerprint density at radius 2 is 1.81 bits per heavy atom. The van der Waals surface area contributed by atoms with Gasteiger partial charge in [-0.15, -0.1) is 0 Å². The maximum absolute atomic E-state index is 12.9. The molecule has 1 atom stereocenters. The molecule has 0 aliphatic carbocycles. The Labute approximate surface area is 170 Å². The van der Waals surface area contributed by atoms with Gasteiger partial charge in [-0.1, -0.05) is 37.3 Å². The van der Waals surface area contributed by atoms with E-state index in [4.69, 9.17) is 12.2 Å². The standard InChI is InChI=1S/C18H26N4O2S3/c1-4-14(2)16-5-7-17(8-6-16)27(23,24)21-11-9-20(10-12-21)13-22-18(25)26-15(3)19-22/h5-8,14H,4,9-13H2,1-3H3. The fourth-order valence-electron chi connectivity index (χ4n) is 3.15. The maximum atomic E-state index is 12.9. The van der Waals surface area contributed by atoms with E-state index in [0.717, 1.165) is 15.4 Å². The van der Waals surface area contributed by atoms with Crippen molar-refractivity contribution in [2.45, 2.75) is 44.7 Å². The summed E-state index contributed by atoms with van der Waals surface area (Å²) in [4.78, 5) is 2.56. The van der Waals surface area contributed by atoms with E-state index in [1.165, 1.54) is 16.9 Å². The molecule has 0 radical (unpaired) electrons. The minimum atomic E-state index is -3.45. The van der Waals surface area contributed by atoms with Crippen molar-refractivity contribution in [1.29, 1.82) is 0 Å². The molecule has 0 saturated carbocycles. The molecule has 0 spiro atoms. The molecule has 1 aliphatic rings. The molecule has 1 unspecified atom stereocenters. The number of piperazine rings is 1. The highest BCUT2D eigenvalue weighted by Gasteiger charge is 2.28. The average Bonchev–Trinajstić information content (AvgIpc) is 2.98. The van der Waals surface area contributed by atoms with Crippen LogP contribution in [-0.4, -0.2) is 53.6 Å². The SMILES string of the molecule is CCC(C)c1ccc(S(=O)(=O)N2CCN(Cn3nc(C)sc3=S)CC2)cc1. The Hall–Kier alpha value is -1.13. The summed E-state index contributed by atoms with van der Waals surface area (Å²) in [6.45, 7) is 9.13. The fraction of sp³-hybridized carbons (Fsp3) is 0.556. The molecular formula is C18H26N4O2S3. The zero-order valence-corrected chi connectivity index (χ0v) is 18.4. The van der Waals surface area contributed by atoms with E-state index < -0.39 is 10.0 Å². The predicted molar refractivity (Wildman–Crippen MR) is 111 cm³/mol. The molecule has 27 heavy (non-hydrogen) atoms. The molecule has 0 amide bonds. The predicted octanol–water partition coefficient (Wildman–Crippen LogP) is 3.46. The second-order valence-corrected chi connectivity index (χ2v) is 10.7. The largest absolute Gasteiger partial charge is 0.282 e. The molecule has 1 fully saturated rings. The first-order chi connectivity index (χ1) is 12.8. The molecule has 0 bridgehead atoms. The van der Waals surface area contributed by atoms with Crippen LogP contribution in [0.15, 0.2) is 29.2 Å². The summed E-state index contributed by atoms with van der Waals surface area (Å²) in [6, 6.07) is 7.34. The van der Waals surface area contributed by atoms with Gasteiger partial charge in [0.1, 0.15) is 5.01 Å². The Morgan fingerprint density at radius 3 is 2.33 bits per heavy atom. The van der Waals surface area contributed by atoms with E-state index in [1.54, 1.807) is 16.4 Å². The van der Waals surface area contributed by atoms with Crippen LogP contribution in [0.2, 0.25) is 0 Å². The Bertz CT molecular complexity index is 926. The van der Waals surface area contributed by atoms with E-state index in [9.17, 15) is 8.42 Å². The molecule has 0 N–H and O–H groups in total. The second-order valence-electron chi connectivity index (χ2n) is 6.93. The van der Waals surface area contributed by atoms with Crippen molar-refractivity contribution in [3.8, 4) is 0 Å². The third-order valence-electron chi connectivity index (χ3n) is 5.07. The van der Waals surface area contributed by atoms with Crippen LogP contribution in [0.1, 0.15) is 36.8 Å². The summed E-state index contributed by atoms with van der Waals surface area (Å²) in [7, 11) is -3.45. The highest BCUT2D eigenvalue weighted by atomic mass is 32.2. The highest BCUT2D eigenvalue weighted by Crippen LogP contribution is 2.23. The van der Waals surface area contributed by atoms with Crippen LogP contribution in [-0.2, 0) is 16.7 Å². The van der Waals surface area contributed by atoms with Gasteiger partial charge in [-0.3, -0.25) is 4.90 Å². The van der Waals surface area contributed by atoms with Crippen molar-refractivity contribution in [1.82, 2.24) is 19.0 Å². The van der Waals surface area contributed by atoms with Crippen LogP contribution < -0.4 is 0 Å². The summed E-state index contributed by atoms with van der Waals surface area (Å²) in [6.07, 6.45) is 1.04. The lowest BCUT2D eigenvalue weighted by molar-refractivity contribution is 0.145. The molecule has 9 heteroatoms. The number of sulfonamides is 1. The topological polar surface area (TPSA) is 58.4 Å². The number of hydrogen-bond donors (Lipinski definition) is 0. The molecule has 3 rings (SSSR count). The second kappa shape index (κ2) is 8.48.